The number of benzene rings is 2. The van der Waals surface area contributed by atoms with E-state index >= 15 is 0 Å². The maximum Gasteiger partial charge on any atom is 0.119 e. The highest BCUT2D eigenvalue weighted by molar-refractivity contribution is 5.50. The van der Waals surface area contributed by atoms with Crippen LogP contribution in [0.15, 0.2) is 54.6 Å². The van der Waals surface area contributed by atoms with Gasteiger partial charge in [0.1, 0.15) is 5.75 Å². The highest BCUT2D eigenvalue weighted by Crippen LogP contribution is 2.29. The third-order valence-electron chi connectivity index (χ3n) is 3.80. The van der Waals surface area contributed by atoms with Crippen molar-refractivity contribution in [3.05, 3.63) is 60.2 Å². The predicted molar refractivity (Wildman–Crippen MR) is 89.1 cm³/mol. The molecule has 0 saturated heterocycles. The zero-order chi connectivity index (χ0) is 15.1. The molecule has 0 spiro atoms. The van der Waals surface area contributed by atoms with E-state index in [0.717, 1.165) is 18.7 Å². The van der Waals surface area contributed by atoms with E-state index in [4.69, 9.17) is 4.74 Å². The molecule has 0 aromatic heterocycles. The Morgan fingerprint density at radius 2 is 1.71 bits per heavy atom. The second-order valence-corrected chi connectivity index (χ2v) is 5.13. The molecule has 1 unspecified atom stereocenters. The smallest absolute Gasteiger partial charge is 0.119 e. The molecule has 0 fully saturated rings. The number of ether oxygens (including phenoxy) is 1. The Morgan fingerprint density at radius 1 is 1.05 bits per heavy atom. The Balaban J connectivity index is 2.22. The molecule has 2 rings (SSSR count). The summed E-state index contributed by atoms with van der Waals surface area (Å²) in [7, 11) is 5.84. The van der Waals surface area contributed by atoms with Gasteiger partial charge in [0, 0.05) is 12.7 Å². The first kappa shape index (κ1) is 15.4. The molecule has 2 aromatic rings. The van der Waals surface area contributed by atoms with Crippen LogP contribution in [0, 0.1) is 0 Å². The number of anilines is 1. The quantitative estimate of drug-likeness (QED) is 0.842. The summed E-state index contributed by atoms with van der Waals surface area (Å²) >= 11 is 0. The molecule has 0 heterocycles. The Labute approximate surface area is 127 Å². The van der Waals surface area contributed by atoms with Crippen molar-refractivity contribution < 1.29 is 4.74 Å². The molecule has 0 saturated carbocycles. The van der Waals surface area contributed by atoms with Gasteiger partial charge in [0.25, 0.3) is 0 Å². The largest absolute Gasteiger partial charge is 0.497 e. The van der Waals surface area contributed by atoms with E-state index in [-0.39, 0.29) is 0 Å². The minimum atomic E-state index is 0.354. The number of nitrogens with zero attached hydrogens (tertiary/aromatic N) is 1. The van der Waals surface area contributed by atoms with E-state index in [1.165, 1.54) is 11.3 Å². The standard InChI is InChI=1S/C18H24N2O/c1-19-14-13-18(15-7-5-4-6-8-15)20(2)16-9-11-17(21-3)12-10-16/h4-12,18-19H,13-14H2,1-3H3. The number of rotatable bonds is 7. The van der Waals surface area contributed by atoms with Gasteiger partial charge < -0.3 is 15.0 Å². The molecule has 1 N–H and O–H groups in total. The first-order valence-electron chi connectivity index (χ1n) is 7.32. The molecular formula is C18H24N2O. The highest BCUT2D eigenvalue weighted by atomic mass is 16.5. The van der Waals surface area contributed by atoms with Crippen LogP contribution in [-0.2, 0) is 0 Å². The normalized spacial score (nSPS) is 12.0. The molecule has 0 aliphatic carbocycles. The van der Waals surface area contributed by atoms with Crippen LogP contribution >= 0.6 is 0 Å². The SMILES string of the molecule is CNCCC(c1ccccc1)N(C)c1ccc(OC)cc1. The molecule has 3 nitrogen and oxygen atoms in total. The average molecular weight is 284 g/mol. The van der Waals surface area contributed by atoms with Gasteiger partial charge in [-0.25, -0.2) is 0 Å². The van der Waals surface area contributed by atoms with Crippen molar-refractivity contribution in [3.8, 4) is 5.75 Å². The van der Waals surface area contributed by atoms with Gasteiger partial charge in [0.15, 0.2) is 0 Å². The lowest BCUT2D eigenvalue weighted by atomic mass is 10.0. The number of hydrogen-bond donors (Lipinski definition) is 1. The van der Waals surface area contributed by atoms with Crippen LogP contribution in [0.25, 0.3) is 0 Å². The maximum absolute atomic E-state index is 5.23. The first-order chi connectivity index (χ1) is 10.3. The molecule has 112 valence electrons. The van der Waals surface area contributed by atoms with Crippen LogP contribution in [0.1, 0.15) is 18.0 Å². The minimum Gasteiger partial charge on any atom is -0.497 e. The number of hydrogen-bond acceptors (Lipinski definition) is 3. The third kappa shape index (κ3) is 3.99. The van der Waals surface area contributed by atoms with Crippen LogP contribution in [0.5, 0.6) is 5.75 Å². The minimum absolute atomic E-state index is 0.354. The highest BCUT2D eigenvalue weighted by Gasteiger charge is 2.16. The summed E-state index contributed by atoms with van der Waals surface area (Å²) in [6, 6.07) is 19.2. The van der Waals surface area contributed by atoms with Crippen LogP contribution in [-0.4, -0.2) is 27.7 Å². The molecular weight excluding hydrogens is 260 g/mol. The maximum atomic E-state index is 5.23. The number of methoxy groups -OCH3 is 1. The lowest BCUT2D eigenvalue weighted by molar-refractivity contribution is 0.415. The Hall–Kier alpha value is -2.00. The van der Waals surface area contributed by atoms with Gasteiger partial charge >= 0.3 is 0 Å². The molecule has 0 aliphatic rings. The van der Waals surface area contributed by atoms with Gasteiger partial charge in [-0.05, 0) is 49.8 Å². The van der Waals surface area contributed by atoms with Gasteiger partial charge in [-0.15, -0.1) is 0 Å². The van der Waals surface area contributed by atoms with Gasteiger partial charge in [-0.1, -0.05) is 30.3 Å². The fourth-order valence-corrected chi connectivity index (χ4v) is 2.54. The summed E-state index contributed by atoms with van der Waals surface area (Å²) in [4.78, 5) is 2.33. The molecule has 1 atom stereocenters. The topological polar surface area (TPSA) is 24.5 Å². The third-order valence-corrected chi connectivity index (χ3v) is 3.80. The number of nitrogens with one attached hydrogen (secondary N) is 1. The van der Waals surface area contributed by atoms with Gasteiger partial charge in [0.05, 0.1) is 13.2 Å². The molecule has 2 aromatic carbocycles. The van der Waals surface area contributed by atoms with E-state index < -0.39 is 0 Å². The Bertz CT molecular complexity index is 525. The summed E-state index contributed by atoms with van der Waals surface area (Å²) in [5, 5.41) is 3.25. The van der Waals surface area contributed by atoms with Crippen molar-refractivity contribution in [2.75, 3.05) is 32.6 Å². The van der Waals surface area contributed by atoms with Gasteiger partial charge in [-0.3, -0.25) is 0 Å². The van der Waals surface area contributed by atoms with E-state index in [0.29, 0.717) is 6.04 Å². The summed E-state index contributed by atoms with van der Waals surface area (Å²) in [5.41, 5.74) is 2.53. The van der Waals surface area contributed by atoms with Crippen LogP contribution in [0.3, 0.4) is 0 Å². The molecule has 21 heavy (non-hydrogen) atoms. The predicted octanol–water partition coefficient (Wildman–Crippen LogP) is 3.48. The Kier molecular flexibility index (Phi) is 5.64. The summed E-state index contributed by atoms with van der Waals surface area (Å²) in [6.07, 6.45) is 1.06. The van der Waals surface area contributed by atoms with E-state index in [9.17, 15) is 0 Å². The second kappa shape index (κ2) is 7.70. The summed E-state index contributed by atoms with van der Waals surface area (Å²) in [6.45, 7) is 0.986. The molecule has 0 aliphatic heterocycles. The van der Waals surface area contributed by atoms with E-state index in [1.807, 2.05) is 19.2 Å². The lowest BCUT2D eigenvalue weighted by Gasteiger charge is -2.31. The monoisotopic (exact) mass is 284 g/mol. The van der Waals surface area contributed by atoms with Crippen LogP contribution < -0.4 is 15.0 Å². The summed E-state index contributed by atoms with van der Waals surface area (Å²) in [5.74, 6) is 0.888. The molecule has 0 amide bonds. The van der Waals surface area contributed by atoms with E-state index in [1.54, 1.807) is 7.11 Å². The zero-order valence-corrected chi connectivity index (χ0v) is 13.0. The molecule has 0 bridgehead atoms. The van der Waals surface area contributed by atoms with Gasteiger partial charge in [-0.2, -0.15) is 0 Å². The van der Waals surface area contributed by atoms with Crippen molar-refractivity contribution in [1.29, 1.82) is 0 Å². The van der Waals surface area contributed by atoms with Gasteiger partial charge in [0.2, 0.25) is 0 Å². The van der Waals surface area contributed by atoms with Crippen molar-refractivity contribution in [1.82, 2.24) is 5.32 Å². The zero-order valence-electron chi connectivity index (χ0n) is 13.0. The average Bonchev–Trinajstić information content (AvgIpc) is 2.56. The van der Waals surface area contributed by atoms with Crippen molar-refractivity contribution in [3.63, 3.8) is 0 Å². The Morgan fingerprint density at radius 3 is 2.29 bits per heavy atom. The van der Waals surface area contributed by atoms with Crippen molar-refractivity contribution in [2.45, 2.75) is 12.5 Å². The second-order valence-electron chi connectivity index (χ2n) is 5.13. The van der Waals surface area contributed by atoms with Crippen LogP contribution in [0.4, 0.5) is 5.69 Å². The molecule has 3 heteroatoms. The van der Waals surface area contributed by atoms with Crippen molar-refractivity contribution in [2.24, 2.45) is 0 Å². The first-order valence-corrected chi connectivity index (χ1v) is 7.32. The lowest BCUT2D eigenvalue weighted by Crippen LogP contribution is -2.27. The van der Waals surface area contributed by atoms with Crippen molar-refractivity contribution >= 4 is 5.69 Å². The summed E-state index contributed by atoms with van der Waals surface area (Å²) < 4.78 is 5.23. The fourth-order valence-electron chi connectivity index (χ4n) is 2.54. The van der Waals surface area contributed by atoms with Crippen LogP contribution in [0.2, 0.25) is 0 Å². The fraction of sp³-hybridized carbons (Fsp3) is 0.333. The molecule has 0 radical (unpaired) electrons. The van der Waals surface area contributed by atoms with E-state index in [2.05, 4.69) is 59.7 Å².